The van der Waals surface area contributed by atoms with Crippen molar-refractivity contribution in [2.75, 3.05) is 53.4 Å². The predicted molar refractivity (Wildman–Crippen MR) is 108 cm³/mol. The molecule has 12 heteroatoms. The first-order valence-electron chi connectivity index (χ1n) is 9.55. The van der Waals surface area contributed by atoms with Crippen LogP contribution in [0.25, 0.3) is 0 Å². The van der Waals surface area contributed by atoms with Crippen molar-refractivity contribution in [3.8, 4) is 0 Å². The monoisotopic (exact) mass is 417 g/mol. The summed E-state index contributed by atoms with van der Waals surface area (Å²) in [7, 11) is 3.81. The normalized spacial score (nSPS) is 12.9. The number of carbonyl (C=O) groups is 4. The second-order valence-corrected chi connectivity index (χ2v) is 6.81. The molecular weight excluding hydrogens is 382 g/mol. The zero-order valence-electron chi connectivity index (χ0n) is 17.2. The Bertz CT molecular complexity index is 530. The number of carbonyl (C=O) groups excluding carboxylic acids is 3. The molecule has 0 rings (SSSR count). The summed E-state index contributed by atoms with van der Waals surface area (Å²) < 4.78 is 0. The topological polar surface area (TPSA) is 192 Å². The van der Waals surface area contributed by atoms with Crippen molar-refractivity contribution in [2.24, 2.45) is 11.5 Å². The fraction of sp³-hybridized carbons (Fsp3) is 0.765. The summed E-state index contributed by atoms with van der Waals surface area (Å²) in [6.07, 6.45) is -0.00880. The molecule has 0 unspecified atom stereocenters. The van der Waals surface area contributed by atoms with Gasteiger partial charge in [-0.05, 0) is 27.1 Å². The number of rotatable bonds is 16. The Hall–Kier alpha value is -2.28. The first-order valence-corrected chi connectivity index (χ1v) is 9.55. The number of carboxylic acid groups (broad SMARTS) is 1. The van der Waals surface area contributed by atoms with Crippen LogP contribution in [0.5, 0.6) is 0 Å². The molecule has 0 aromatic heterocycles. The molecule has 0 spiro atoms. The standard InChI is InChI=1S/C17H35N7O5/c1-24(2)9-3-5-21-15(26)11-13(17(28)29)23-16(27)12(19)10-14(25)22-8-7-20-6-4-18/h12-13,20H,3-11,18-19H2,1-2H3,(H,21,26)(H,22,25)(H,23,27)(H,28,29)/t12-,13-/m0/s1. The van der Waals surface area contributed by atoms with Gasteiger partial charge in [-0.25, -0.2) is 4.79 Å². The van der Waals surface area contributed by atoms with Gasteiger partial charge in [-0.2, -0.15) is 0 Å². The van der Waals surface area contributed by atoms with E-state index in [9.17, 15) is 24.3 Å². The summed E-state index contributed by atoms with van der Waals surface area (Å²) in [5, 5.41) is 19.6. The minimum Gasteiger partial charge on any atom is -0.480 e. The van der Waals surface area contributed by atoms with Gasteiger partial charge in [0.25, 0.3) is 0 Å². The fourth-order valence-electron chi connectivity index (χ4n) is 2.24. The summed E-state index contributed by atoms with van der Waals surface area (Å²) in [6, 6.07) is -2.65. The molecule has 168 valence electrons. The number of hydrogen-bond donors (Lipinski definition) is 7. The molecule has 0 radical (unpaired) electrons. The number of nitrogens with two attached hydrogens (primary N) is 2. The zero-order valence-corrected chi connectivity index (χ0v) is 17.2. The average Bonchev–Trinajstić information content (AvgIpc) is 2.64. The highest BCUT2D eigenvalue weighted by Gasteiger charge is 2.26. The number of amides is 3. The minimum atomic E-state index is -1.43. The van der Waals surface area contributed by atoms with Crippen LogP contribution < -0.4 is 32.7 Å². The van der Waals surface area contributed by atoms with Gasteiger partial charge in [0, 0.05) is 32.7 Å². The van der Waals surface area contributed by atoms with Gasteiger partial charge in [-0.1, -0.05) is 0 Å². The molecule has 0 aliphatic heterocycles. The number of nitrogens with zero attached hydrogens (tertiary/aromatic N) is 1. The van der Waals surface area contributed by atoms with Crippen molar-refractivity contribution in [3.63, 3.8) is 0 Å². The number of hydrogen-bond acceptors (Lipinski definition) is 8. The van der Waals surface area contributed by atoms with E-state index in [1.807, 2.05) is 19.0 Å². The highest BCUT2D eigenvalue weighted by Crippen LogP contribution is 1.97. The van der Waals surface area contributed by atoms with Crippen molar-refractivity contribution < 1.29 is 24.3 Å². The van der Waals surface area contributed by atoms with Crippen molar-refractivity contribution in [1.82, 2.24) is 26.2 Å². The van der Waals surface area contributed by atoms with Crippen molar-refractivity contribution in [2.45, 2.75) is 31.3 Å². The molecule has 0 fully saturated rings. The van der Waals surface area contributed by atoms with Crippen LogP contribution in [0.4, 0.5) is 0 Å². The van der Waals surface area contributed by atoms with E-state index in [1.54, 1.807) is 0 Å². The molecule has 3 amide bonds. The maximum Gasteiger partial charge on any atom is 0.326 e. The SMILES string of the molecule is CN(C)CCCNC(=O)C[C@H](NC(=O)[C@@H](N)CC(=O)NCCNCCN)C(=O)O. The summed E-state index contributed by atoms with van der Waals surface area (Å²) >= 11 is 0. The van der Waals surface area contributed by atoms with Crippen LogP contribution in [-0.2, 0) is 19.2 Å². The molecule has 0 aliphatic carbocycles. The highest BCUT2D eigenvalue weighted by molar-refractivity contribution is 5.92. The molecule has 9 N–H and O–H groups in total. The lowest BCUT2D eigenvalue weighted by Gasteiger charge is -2.18. The summed E-state index contributed by atoms with van der Waals surface area (Å²) in [6.45, 7) is 3.15. The number of nitrogens with one attached hydrogen (secondary N) is 4. The molecule has 0 aromatic carbocycles. The second-order valence-electron chi connectivity index (χ2n) is 6.81. The van der Waals surface area contributed by atoms with Gasteiger partial charge >= 0.3 is 5.97 Å². The molecule has 12 nitrogen and oxygen atoms in total. The molecular formula is C17H35N7O5. The van der Waals surface area contributed by atoms with Gasteiger partial charge < -0.3 is 42.7 Å². The van der Waals surface area contributed by atoms with E-state index in [4.69, 9.17) is 11.5 Å². The third-order valence-electron chi connectivity index (χ3n) is 3.80. The van der Waals surface area contributed by atoms with E-state index in [-0.39, 0.29) is 6.42 Å². The summed E-state index contributed by atoms with van der Waals surface area (Å²) in [4.78, 5) is 49.0. The van der Waals surface area contributed by atoms with Crippen LogP contribution in [-0.4, -0.2) is 99.1 Å². The second kappa shape index (κ2) is 15.6. The van der Waals surface area contributed by atoms with Gasteiger partial charge in [-0.15, -0.1) is 0 Å². The Morgan fingerprint density at radius 1 is 0.966 bits per heavy atom. The molecule has 29 heavy (non-hydrogen) atoms. The first-order chi connectivity index (χ1) is 13.7. The Morgan fingerprint density at radius 3 is 2.17 bits per heavy atom. The van der Waals surface area contributed by atoms with E-state index in [1.165, 1.54) is 0 Å². The third-order valence-corrected chi connectivity index (χ3v) is 3.80. The van der Waals surface area contributed by atoms with E-state index >= 15 is 0 Å². The Morgan fingerprint density at radius 2 is 1.59 bits per heavy atom. The molecule has 2 atom stereocenters. The molecule has 0 saturated carbocycles. The molecule has 0 aromatic rings. The molecule has 0 heterocycles. The minimum absolute atomic E-state index is 0.300. The van der Waals surface area contributed by atoms with Crippen molar-refractivity contribution in [1.29, 1.82) is 0 Å². The molecule has 0 saturated heterocycles. The van der Waals surface area contributed by atoms with Crippen molar-refractivity contribution in [3.05, 3.63) is 0 Å². The number of carboxylic acids is 1. The van der Waals surface area contributed by atoms with Crippen LogP contribution in [0, 0.1) is 0 Å². The third kappa shape index (κ3) is 14.4. The Balaban J connectivity index is 4.31. The van der Waals surface area contributed by atoms with Gasteiger partial charge in [-0.3, -0.25) is 14.4 Å². The van der Waals surface area contributed by atoms with Crippen LogP contribution in [0.15, 0.2) is 0 Å². The van der Waals surface area contributed by atoms with Crippen LogP contribution in [0.2, 0.25) is 0 Å². The van der Waals surface area contributed by atoms with E-state index < -0.39 is 42.2 Å². The predicted octanol–water partition coefficient (Wildman–Crippen LogP) is -3.60. The van der Waals surface area contributed by atoms with Gasteiger partial charge in [0.1, 0.15) is 6.04 Å². The van der Waals surface area contributed by atoms with Gasteiger partial charge in [0.2, 0.25) is 17.7 Å². The maximum absolute atomic E-state index is 12.1. The number of aliphatic carboxylic acids is 1. The van der Waals surface area contributed by atoms with Crippen molar-refractivity contribution >= 4 is 23.7 Å². The largest absolute Gasteiger partial charge is 0.480 e. The Labute approximate surface area is 171 Å². The fourth-order valence-corrected chi connectivity index (χ4v) is 2.24. The van der Waals surface area contributed by atoms with Crippen LogP contribution >= 0.6 is 0 Å². The maximum atomic E-state index is 12.1. The molecule has 0 bridgehead atoms. The molecule has 0 aliphatic rings. The van der Waals surface area contributed by atoms with Crippen LogP contribution in [0.3, 0.4) is 0 Å². The lowest BCUT2D eigenvalue weighted by atomic mass is 10.1. The lowest BCUT2D eigenvalue weighted by molar-refractivity contribution is -0.143. The van der Waals surface area contributed by atoms with Crippen LogP contribution in [0.1, 0.15) is 19.3 Å². The lowest BCUT2D eigenvalue weighted by Crippen LogP contribution is -2.51. The smallest absolute Gasteiger partial charge is 0.326 e. The van der Waals surface area contributed by atoms with E-state index in [0.717, 1.165) is 6.54 Å². The zero-order chi connectivity index (χ0) is 22.2. The summed E-state index contributed by atoms with van der Waals surface area (Å²) in [5.74, 6) is -3.10. The van der Waals surface area contributed by atoms with Gasteiger partial charge in [0.05, 0.1) is 18.9 Å². The Kier molecular flexibility index (Phi) is 14.4. The average molecular weight is 418 g/mol. The quantitative estimate of drug-likeness (QED) is 0.124. The highest BCUT2D eigenvalue weighted by atomic mass is 16.4. The first kappa shape index (κ1) is 26.7. The van der Waals surface area contributed by atoms with E-state index in [0.29, 0.717) is 39.1 Å². The van der Waals surface area contributed by atoms with Gasteiger partial charge in [0.15, 0.2) is 0 Å². The van der Waals surface area contributed by atoms with E-state index in [2.05, 4.69) is 21.3 Å². The summed E-state index contributed by atoms with van der Waals surface area (Å²) in [5.41, 5.74) is 11.0.